The lowest BCUT2D eigenvalue weighted by Crippen LogP contribution is -2.31. The van der Waals surface area contributed by atoms with Crippen LogP contribution in [0.15, 0.2) is 46.9 Å². The maximum absolute atomic E-state index is 12.8. The van der Waals surface area contributed by atoms with Gasteiger partial charge in [0, 0.05) is 0 Å². The summed E-state index contributed by atoms with van der Waals surface area (Å²) < 4.78 is 11.8. The lowest BCUT2D eigenvalue weighted by atomic mass is 10.1. The van der Waals surface area contributed by atoms with E-state index in [0.29, 0.717) is 31.1 Å². The summed E-state index contributed by atoms with van der Waals surface area (Å²) in [5.41, 5.74) is 1.85. The third-order valence-corrected chi connectivity index (χ3v) is 5.85. The van der Waals surface area contributed by atoms with E-state index in [9.17, 15) is 9.59 Å². The molecule has 1 aliphatic heterocycles. The van der Waals surface area contributed by atoms with Crippen LogP contribution in [0.5, 0.6) is 11.5 Å². The normalized spacial score (nSPS) is 16.7. The highest BCUT2D eigenvalue weighted by molar-refractivity contribution is 9.10. The molecular weight excluding hydrogens is 430 g/mol. The van der Waals surface area contributed by atoms with E-state index in [-0.39, 0.29) is 11.1 Å². The molecule has 1 aliphatic rings. The molecule has 0 bridgehead atoms. The van der Waals surface area contributed by atoms with Crippen molar-refractivity contribution in [1.82, 2.24) is 4.90 Å². The standard InChI is InChI=1S/C20H20BrNO4S/c1-3-26-16-10-14(9-15(21)18(16)25-2)11-17-19(23)22(20(24)27-17)12-13-7-5-4-6-8-13/h4-10,17H,3,11-12H2,1-2H3/t17-/m0/s1. The molecule has 0 radical (unpaired) electrons. The first-order valence-corrected chi connectivity index (χ1v) is 10.3. The summed E-state index contributed by atoms with van der Waals surface area (Å²) in [6.45, 7) is 2.71. The van der Waals surface area contributed by atoms with Gasteiger partial charge in [-0.25, -0.2) is 0 Å². The average molecular weight is 450 g/mol. The van der Waals surface area contributed by atoms with Crippen molar-refractivity contribution in [3.05, 3.63) is 58.1 Å². The lowest BCUT2D eigenvalue weighted by molar-refractivity contribution is -0.127. The Morgan fingerprint density at radius 3 is 2.56 bits per heavy atom. The molecule has 2 amide bonds. The third kappa shape index (κ3) is 4.47. The van der Waals surface area contributed by atoms with Crippen molar-refractivity contribution in [2.24, 2.45) is 0 Å². The number of imide groups is 1. The summed E-state index contributed by atoms with van der Waals surface area (Å²) >= 11 is 4.57. The Morgan fingerprint density at radius 2 is 1.89 bits per heavy atom. The summed E-state index contributed by atoms with van der Waals surface area (Å²) in [5, 5.41) is -0.637. The number of hydrogen-bond donors (Lipinski definition) is 0. The van der Waals surface area contributed by atoms with Gasteiger partial charge in [-0.2, -0.15) is 0 Å². The molecule has 27 heavy (non-hydrogen) atoms. The molecular formula is C20H20BrNO4S. The number of hydrogen-bond acceptors (Lipinski definition) is 5. The second kappa shape index (κ2) is 8.80. The quantitative estimate of drug-likeness (QED) is 0.614. The van der Waals surface area contributed by atoms with Gasteiger partial charge in [-0.1, -0.05) is 42.1 Å². The Kier molecular flexibility index (Phi) is 6.44. The van der Waals surface area contributed by atoms with Gasteiger partial charge in [0.05, 0.1) is 30.0 Å². The number of halogens is 1. The fourth-order valence-corrected chi connectivity index (χ4v) is 4.63. The number of nitrogens with zero attached hydrogens (tertiary/aromatic N) is 1. The van der Waals surface area contributed by atoms with Crippen LogP contribution >= 0.6 is 27.7 Å². The maximum Gasteiger partial charge on any atom is 0.289 e. The first-order chi connectivity index (χ1) is 13.0. The molecule has 0 saturated carbocycles. The second-order valence-corrected chi connectivity index (χ2v) is 8.04. The number of amides is 2. The molecule has 3 rings (SSSR count). The predicted octanol–water partition coefficient (Wildman–Crippen LogP) is 4.66. The zero-order valence-corrected chi connectivity index (χ0v) is 17.5. The molecule has 0 aromatic heterocycles. The zero-order valence-electron chi connectivity index (χ0n) is 15.1. The van der Waals surface area contributed by atoms with Crippen LogP contribution in [0.3, 0.4) is 0 Å². The summed E-state index contributed by atoms with van der Waals surface area (Å²) in [4.78, 5) is 26.4. The predicted molar refractivity (Wildman–Crippen MR) is 109 cm³/mol. The summed E-state index contributed by atoms with van der Waals surface area (Å²) in [7, 11) is 1.58. The number of thioether (sulfide) groups is 1. The minimum atomic E-state index is -0.434. The Hall–Kier alpha value is -1.99. The van der Waals surface area contributed by atoms with Crippen LogP contribution < -0.4 is 9.47 Å². The zero-order chi connectivity index (χ0) is 19.4. The SMILES string of the molecule is CCOc1cc(C[C@@H]2SC(=O)N(Cc3ccccc3)C2=O)cc(Br)c1OC. The van der Waals surface area contributed by atoms with Crippen LogP contribution in [0.2, 0.25) is 0 Å². The Balaban J connectivity index is 1.76. The van der Waals surface area contributed by atoms with Crippen LogP contribution in [0.1, 0.15) is 18.1 Å². The number of carbonyl (C=O) groups is 2. The average Bonchev–Trinajstić information content (AvgIpc) is 2.90. The molecule has 0 spiro atoms. The summed E-state index contributed by atoms with van der Waals surface area (Å²) in [6, 6.07) is 13.3. The van der Waals surface area contributed by atoms with E-state index in [4.69, 9.17) is 9.47 Å². The molecule has 0 aliphatic carbocycles. The fraction of sp³-hybridized carbons (Fsp3) is 0.300. The van der Waals surface area contributed by atoms with Gasteiger partial charge < -0.3 is 9.47 Å². The number of methoxy groups -OCH3 is 1. The molecule has 5 nitrogen and oxygen atoms in total. The number of ether oxygens (including phenoxy) is 2. The number of carbonyl (C=O) groups excluding carboxylic acids is 2. The van der Waals surface area contributed by atoms with E-state index in [1.54, 1.807) is 7.11 Å². The van der Waals surface area contributed by atoms with Crippen LogP contribution in [0.4, 0.5) is 4.79 Å². The van der Waals surface area contributed by atoms with Crippen LogP contribution in [-0.2, 0) is 17.8 Å². The van der Waals surface area contributed by atoms with Gasteiger partial charge in [0.25, 0.3) is 5.24 Å². The molecule has 1 saturated heterocycles. The highest BCUT2D eigenvalue weighted by Crippen LogP contribution is 2.38. The monoisotopic (exact) mass is 449 g/mol. The minimum Gasteiger partial charge on any atom is -0.492 e. The topological polar surface area (TPSA) is 55.8 Å². The molecule has 7 heteroatoms. The molecule has 1 fully saturated rings. The largest absolute Gasteiger partial charge is 0.492 e. The number of benzene rings is 2. The summed E-state index contributed by atoms with van der Waals surface area (Å²) in [5.74, 6) is 1.08. The Labute approximate surface area is 171 Å². The van der Waals surface area contributed by atoms with Crippen molar-refractivity contribution in [2.75, 3.05) is 13.7 Å². The lowest BCUT2D eigenvalue weighted by Gasteiger charge is -2.15. The number of rotatable bonds is 7. The van der Waals surface area contributed by atoms with E-state index >= 15 is 0 Å². The molecule has 0 unspecified atom stereocenters. The van der Waals surface area contributed by atoms with Gasteiger partial charge in [-0.15, -0.1) is 0 Å². The van der Waals surface area contributed by atoms with Crippen LogP contribution in [0.25, 0.3) is 0 Å². The minimum absolute atomic E-state index is 0.154. The van der Waals surface area contributed by atoms with Gasteiger partial charge in [-0.3, -0.25) is 14.5 Å². The fourth-order valence-electron chi connectivity index (χ4n) is 2.95. The van der Waals surface area contributed by atoms with E-state index in [2.05, 4.69) is 15.9 Å². The van der Waals surface area contributed by atoms with Crippen LogP contribution in [-0.4, -0.2) is 35.0 Å². The van der Waals surface area contributed by atoms with E-state index in [0.717, 1.165) is 27.4 Å². The second-order valence-electron chi connectivity index (χ2n) is 6.03. The highest BCUT2D eigenvalue weighted by atomic mass is 79.9. The van der Waals surface area contributed by atoms with Gasteiger partial charge in [-0.05, 0) is 52.5 Å². The first kappa shape index (κ1) is 19.8. The Bertz CT molecular complexity index is 843. The van der Waals surface area contributed by atoms with Gasteiger partial charge >= 0.3 is 0 Å². The molecule has 2 aromatic carbocycles. The Morgan fingerprint density at radius 1 is 1.15 bits per heavy atom. The van der Waals surface area contributed by atoms with Crippen molar-refractivity contribution in [3.8, 4) is 11.5 Å². The van der Waals surface area contributed by atoms with Crippen LogP contribution in [0, 0.1) is 0 Å². The van der Waals surface area contributed by atoms with E-state index in [1.165, 1.54) is 4.90 Å². The molecule has 2 aromatic rings. The molecule has 142 valence electrons. The summed E-state index contributed by atoms with van der Waals surface area (Å²) in [6.07, 6.45) is 0.448. The van der Waals surface area contributed by atoms with Gasteiger partial charge in [0.15, 0.2) is 11.5 Å². The van der Waals surface area contributed by atoms with E-state index < -0.39 is 5.25 Å². The smallest absolute Gasteiger partial charge is 0.289 e. The maximum atomic E-state index is 12.8. The first-order valence-electron chi connectivity index (χ1n) is 8.58. The van der Waals surface area contributed by atoms with Crippen molar-refractivity contribution >= 4 is 38.8 Å². The molecule has 0 N–H and O–H groups in total. The van der Waals surface area contributed by atoms with Gasteiger partial charge in [0.1, 0.15) is 0 Å². The van der Waals surface area contributed by atoms with Crippen molar-refractivity contribution in [3.63, 3.8) is 0 Å². The van der Waals surface area contributed by atoms with Crippen molar-refractivity contribution < 1.29 is 19.1 Å². The van der Waals surface area contributed by atoms with Crippen molar-refractivity contribution in [1.29, 1.82) is 0 Å². The van der Waals surface area contributed by atoms with Crippen molar-refractivity contribution in [2.45, 2.75) is 25.1 Å². The highest BCUT2D eigenvalue weighted by Gasteiger charge is 2.39. The third-order valence-electron chi connectivity index (χ3n) is 4.18. The molecule has 1 atom stereocenters. The van der Waals surface area contributed by atoms with E-state index in [1.807, 2.05) is 49.4 Å². The van der Waals surface area contributed by atoms with Gasteiger partial charge in [0.2, 0.25) is 5.91 Å². The molecule has 1 heterocycles.